The molecule has 0 aliphatic carbocycles. The highest BCUT2D eigenvalue weighted by molar-refractivity contribution is 5.48. The van der Waals surface area contributed by atoms with Crippen LogP contribution < -0.4 is 9.64 Å². The third-order valence-electron chi connectivity index (χ3n) is 4.22. The lowest BCUT2D eigenvalue weighted by Gasteiger charge is -2.33. The van der Waals surface area contributed by atoms with E-state index in [2.05, 4.69) is 27.8 Å². The topological polar surface area (TPSA) is 65.5 Å². The molecule has 0 N–H and O–H groups in total. The van der Waals surface area contributed by atoms with Crippen LogP contribution in [0, 0.1) is 18.3 Å². The molecule has 1 aromatic heterocycles. The molecule has 1 saturated heterocycles. The molecule has 0 saturated carbocycles. The van der Waals surface area contributed by atoms with Crippen LogP contribution in [-0.2, 0) is 6.61 Å². The number of hydrogen-bond acceptors (Lipinski definition) is 6. The summed E-state index contributed by atoms with van der Waals surface area (Å²) in [6, 6.07) is 9.94. The Balaban J connectivity index is 1.68. The number of oxazole rings is 1. The number of rotatable bonds is 5. The Bertz CT molecular complexity index is 727. The molecule has 0 radical (unpaired) electrons. The summed E-state index contributed by atoms with van der Waals surface area (Å²) in [4.78, 5) is 8.74. The molecule has 1 aliphatic heterocycles. The van der Waals surface area contributed by atoms with E-state index >= 15 is 0 Å². The average Bonchev–Trinajstić information content (AvgIpc) is 3.03. The smallest absolute Gasteiger partial charge is 0.236 e. The third-order valence-corrected chi connectivity index (χ3v) is 4.22. The van der Waals surface area contributed by atoms with E-state index in [1.165, 1.54) is 0 Å². The second-order valence-electron chi connectivity index (χ2n) is 5.90. The summed E-state index contributed by atoms with van der Waals surface area (Å²) in [6.45, 7) is 9.06. The SMILES string of the molecule is CCN1CCN(c2oc(COc3cccc(C)c3)nc2C#N)CC1. The number of likely N-dealkylation sites (N-methyl/N-ethyl adjacent to an activating group) is 1. The summed E-state index contributed by atoms with van der Waals surface area (Å²) in [5, 5.41) is 9.33. The van der Waals surface area contributed by atoms with Crippen molar-refractivity contribution in [2.24, 2.45) is 0 Å². The van der Waals surface area contributed by atoms with E-state index in [0.29, 0.717) is 17.5 Å². The highest BCUT2D eigenvalue weighted by atomic mass is 16.5. The van der Waals surface area contributed by atoms with E-state index in [1.54, 1.807) is 0 Å². The first-order valence-corrected chi connectivity index (χ1v) is 8.26. The standard InChI is InChI=1S/C18H22N4O2/c1-3-21-7-9-22(10-8-21)18-16(12-19)20-17(24-18)13-23-15-6-4-5-14(2)11-15/h4-6,11H,3,7-10,13H2,1-2H3. The van der Waals surface area contributed by atoms with Gasteiger partial charge in [-0.1, -0.05) is 19.1 Å². The monoisotopic (exact) mass is 326 g/mol. The van der Waals surface area contributed by atoms with Gasteiger partial charge in [-0.25, -0.2) is 0 Å². The molecule has 2 aromatic rings. The van der Waals surface area contributed by atoms with Crippen LogP contribution in [0.1, 0.15) is 24.1 Å². The Kier molecular flexibility index (Phi) is 5.02. The zero-order valence-corrected chi connectivity index (χ0v) is 14.2. The van der Waals surface area contributed by atoms with Gasteiger partial charge < -0.3 is 19.0 Å². The molecular weight excluding hydrogens is 304 g/mol. The van der Waals surface area contributed by atoms with Crippen molar-refractivity contribution in [2.45, 2.75) is 20.5 Å². The molecule has 6 nitrogen and oxygen atoms in total. The summed E-state index contributed by atoms with van der Waals surface area (Å²) < 4.78 is 11.5. The van der Waals surface area contributed by atoms with Gasteiger partial charge in [-0.2, -0.15) is 10.2 Å². The van der Waals surface area contributed by atoms with Crippen LogP contribution in [0.4, 0.5) is 5.88 Å². The number of nitrogens with zero attached hydrogens (tertiary/aromatic N) is 4. The van der Waals surface area contributed by atoms with E-state index < -0.39 is 0 Å². The Morgan fingerprint density at radius 3 is 2.75 bits per heavy atom. The maximum Gasteiger partial charge on any atom is 0.236 e. The van der Waals surface area contributed by atoms with Crippen molar-refractivity contribution in [3.63, 3.8) is 0 Å². The number of piperazine rings is 1. The van der Waals surface area contributed by atoms with Crippen LogP contribution in [0.15, 0.2) is 28.7 Å². The van der Waals surface area contributed by atoms with Gasteiger partial charge >= 0.3 is 0 Å². The van der Waals surface area contributed by atoms with Crippen LogP contribution in [0.2, 0.25) is 0 Å². The van der Waals surface area contributed by atoms with Gasteiger partial charge in [0, 0.05) is 26.2 Å². The summed E-state index contributed by atoms with van der Waals surface area (Å²) in [5.74, 6) is 1.77. The largest absolute Gasteiger partial charge is 0.484 e. The van der Waals surface area contributed by atoms with Gasteiger partial charge in [0.05, 0.1) is 0 Å². The van der Waals surface area contributed by atoms with E-state index in [9.17, 15) is 5.26 Å². The predicted molar refractivity (Wildman–Crippen MR) is 91.1 cm³/mol. The second kappa shape index (κ2) is 7.37. The third kappa shape index (κ3) is 3.69. The maximum atomic E-state index is 9.33. The molecule has 3 rings (SSSR count). The van der Waals surface area contributed by atoms with Crippen molar-refractivity contribution in [3.8, 4) is 11.8 Å². The first kappa shape index (κ1) is 16.3. The Labute approximate surface area is 142 Å². The van der Waals surface area contributed by atoms with Crippen molar-refractivity contribution in [3.05, 3.63) is 41.4 Å². The lowest BCUT2D eigenvalue weighted by molar-refractivity contribution is 0.252. The van der Waals surface area contributed by atoms with E-state index in [-0.39, 0.29) is 6.61 Å². The Morgan fingerprint density at radius 2 is 2.08 bits per heavy atom. The van der Waals surface area contributed by atoms with Gasteiger partial charge in [0.2, 0.25) is 17.5 Å². The lowest BCUT2D eigenvalue weighted by atomic mass is 10.2. The van der Waals surface area contributed by atoms with E-state index in [1.807, 2.05) is 31.2 Å². The fourth-order valence-electron chi connectivity index (χ4n) is 2.82. The molecule has 6 heteroatoms. The molecule has 24 heavy (non-hydrogen) atoms. The fourth-order valence-corrected chi connectivity index (χ4v) is 2.82. The summed E-state index contributed by atoms with van der Waals surface area (Å²) >= 11 is 0. The first-order valence-electron chi connectivity index (χ1n) is 8.26. The van der Waals surface area contributed by atoms with E-state index in [0.717, 1.165) is 44.0 Å². The van der Waals surface area contributed by atoms with Crippen molar-refractivity contribution in [2.75, 3.05) is 37.6 Å². The highest BCUT2D eigenvalue weighted by Gasteiger charge is 2.23. The number of aromatic nitrogens is 1. The van der Waals surface area contributed by atoms with Gasteiger partial charge in [-0.05, 0) is 31.2 Å². The molecule has 0 unspecified atom stereocenters. The van der Waals surface area contributed by atoms with Gasteiger partial charge in [0.25, 0.3) is 0 Å². The maximum absolute atomic E-state index is 9.33. The number of benzene rings is 1. The van der Waals surface area contributed by atoms with Crippen LogP contribution >= 0.6 is 0 Å². The van der Waals surface area contributed by atoms with Crippen LogP contribution in [0.5, 0.6) is 5.75 Å². The van der Waals surface area contributed by atoms with Crippen molar-refractivity contribution < 1.29 is 9.15 Å². The Morgan fingerprint density at radius 1 is 1.29 bits per heavy atom. The van der Waals surface area contributed by atoms with Crippen molar-refractivity contribution in [1.82, 2.24) is 9.88 Å². The minimum Gasteiger partial charge on any atom is -0.484 e. The summed E-state index contributed by atoms with van der Waals surface area (Å²) in [6.07, 6.45) is 0. The number of nitriles is 1. The average molecular weight is 326 g/mol. The minimum atomic E-state index is 0.215. The van der Waals surface area contributed by atoms with Crippen LogP contribution in [0.3, 0.4) is 0 Å². The second-order valence-corrected chi connectivity index (χ2v) is 5.90. The predicted octanol–water partition coefficient (Wildman–Crippen LogP) is 2.58. The quantitative estimate of drug-likeness (QED) is 0.841. The fraction of sp³-hybridized carbons (Fsp3) is 0.444. The molecule has 126 valence electrons. The molecule has 0 bridgehead atoms. The first-order chi connectivity index (χ1) is 11.7. The Hall–Kier alpha value is -2.52. The molecule has 0 spiro atoms. The highest BCUT2D eigenvalue weighted by Crippen LogP contribution is 2.24. The molecule has 1 fully saturated rings. The molecule has 1 aromatic carbocycles. The summed E-state index contributed by atoms with van der Waals surface area (Å²) in [5.41, 5.74) is 1.47. The number of anilines is 1. The molecular formula is C18H22N4O2. The van der Waals surface area contributed by atoms with Crippen LogP contribution in [0.25, 0.3) is 0 Å². The van der Waals surface area contributed by atoms with Gasteiger partial charge in [0.15, 0.2) is 6.61 Å². The number of ether oxygens (including phenoxy) is 1. The number of hydrogen-bond donors (Lipinski definition) is 0. The van der Waals surface area contributed by atoms with Gasteiger partial charge in [-0.3, -0.25) is 0 Å². The van der Waals surface area contributed by atoms with Crippen molar-refractivity contribution in [1.29, 1.82) is 5.26 Å². The zero-order chi connectivity index (χ0) is 16.9. The molecule has 0 atom stereocenters. The summed E-state index contributed by atoms with van der Waals surface area (Å²) in [7, 11) is 0. The van der Waals surface area contributed by atoms with Gasteiger partial charge in [-0.15, -0.1) is 0 Å². The number of aryl methyl sites for hydroxylation is 1. The minimum absolute atomic E-state index is 0.215. The molecule has 2 heterocycles. The molecule has 1 aliphatic rings. The molecule has 0 amide bonds. The van der Waals surface area contributed by atoms with E-state index in [4.69, 9.17) is 9.15 Å². The lowest BCUT2D eigenvalue weighted by Crippen LogP contribution is -2.46. The zero-order valence-electron chi connectivity index (χ0n) is 14.2. The van der Waals surface area contributed by atoms with Crippen molar-refractivity contribution >= 4 is 5.88 Å². The van der Waals surface area contributed by atoms with Gasteiger partial charge in [0.1, 0.15) is 11.8 Å². The van der Waals surface area contributed by atoms with Crippen LogP contribution in [-0.4, -0.2) is 42.6 Å². The normalized spacial score (nSPS) is 15.3.